The van der Waals surface area contributed by atoms with E-state index in [0.717, 1.165) is 19.3 Å². The number of hydrogen-bond acceptors (Lipinski definition) is 3. The Kier molecular flexibility index (Phi) is 8.05. The Labute approximate surface area is 73.1 Å². The van der Waals surface area contributed by atoms with E-state index in [1.807, 2.05) is 0 Å². The van der Waals surface area contributed by atoms with Gasteiger partial charge in [-0.2, -0.15) is 0 Å². The number of nitrogens with one attached hydrogen (secondary N) is 1. The molecule has 0 rings (SSSR count). The van der Waals surface area contributed by atoms with Crippen molar-refractivity contribution in [2.24, 2.45) is 5.73 Å². The Balaban J connectivity index is 3.08. The fourth-order valence-corrected chi connectivity index (χ4v) is 0.816. The quantitative estimate of drug-likeness (QED) is 0.460. The number of hydrogen-bond donors (Lipinski definition) is 3. The second kappa shape index (κ2) is 8.49. The lowest BCUT2D eigenvalue weighted by Gasteiger charge is -2.02. The molecule has 72 valence electrons. The number of aliphatic hydroxyl groups is 1. The first-order chi connectivity index (χ1) is 5.81. The highest BCUT2D eigenvalue weighted by Crippen LogP contribution is 1.87. The SMILES string of the molecule is NCCCC(=O)NCCCCO. The second-order valence-corrected chi connectivity index (χ2v) is 2.67. The molecule has 0 saturated heterocycles. The van der Waals surface area contributed by atoms with Crippen molar-refractivity contribution in [3.63, 3.8) is 0 Å². The fraction of sp³-hybridized carbons (Fsp3) is 0.875. The molecular formula is C8H18N2O2. The maximum Gasteiger partial charge on any atom is 0.220 e. The summed E-state index contributed by atoms with van der Waals surface area (Å²) in [5, 5.41) is 11.2. The summed E-state index contributed by atoms with van der Waals surface area (Å²) in [5.41, 5.74) is 5.24. The van der Waals surface area contributed by atoms with Crippen LogP contribution in [-0.2, 0) is 4.79 Å². The van der Waals surface area contributed by atoms with Crippen LogP contribution in [0, 0.1) is 0 Å². The van der Waals surface area contributed by atoms with Gasteiger partial charge in [0.1, 0.15) is 0 Å². The molecule has 0 aliphatic heterocycles. The molecule has 0 heterocycles. The van der Waals surface area contributed by atoms with Crippen LogP contribution in [0.25, 0.3) is 0 Å². The highest BCUT2D eigenvalue weighted by atomic mass is 16.2. The lowest BCUT2D eigenvalue weighted by Crippen LogP contribution is -2.24. The average Bonchev–Trinajstić information content (AvgIpc) is 2.09. The van der Waals surface area contributed by atoms with E-state index in [-0.39, 0.29) is 12.5 Å². The number of amides is 1. The van der Waals surface area contributed by atoms with Crippen molar-refractivity contribution >= 4 is 5.91 Å². The molecule has 0 aromatic carbocycles. The number of rotatable bonds is 7. The van der Waals surface area contributed by atoms with Gasteiger partial charge in [0.15, 0.2) is 0 Å². The van der Waals surface area contributed by atoms with Crippen molar-refractivity contribution in [1.82, 2.24) is 5.32 Å². The summed E-state index contributed by atoms with van der Waals surface area (Å²) in [6.07, 6.45) is 2.84. The zero-order chi connectivity index (χ0) is 9.23. The molecule has 0 radical (unpaired) electrons. The molecule has 4 N–H and O–H groups in total. The van der Waals surface area contributed by atoms with Gasteiger partial charge in [-0.1, -0.05) is 0 Å². The maximum absolute atomic E-state index is 10.9. The van der Waals surface area contributed by atoms with Gasteiger partial charge in [-0.3, -0.25) is 4.79 Å². The topological polar surface area (TPSA) is 75.4 Å². The van der Waals surface area contributed by atoms with Gasteiger partial charge in [0.05, 0.1) is 0 Å². The molecule has 1 amide bonds. The van der Waals surface area contributed by atoms with E-state index in [1.54, 1.807) is 0 Å². The molecule has 0 fully saturated rings. The average molecular weight is 174 g/mol. The standard InChI is InChI=1S/C8H18N2O2/c9-5-3-4-8(12)10-6-1-2-7-11/h11H,1-7,9H2,(H,10,12). The van der Waals surface area contributed by atoms with Crippen molar-refractivity contribution in [1.29, 1.82) is 0 Å². The molecule has 0 spiro atoms. The van der Waals surface area contributed by atoms with Crippen LogP contribution < -0.4 is 11.1 Å². The number of carbonyl (C=O) groups excluding carboxylic acids is 1. The Hall–Kier alpha value is -0.610. The van der Waals surface area contributed by atoms with E-state index < -0.39 is 0 Å². The minimum absolute atomic E-state index is 0.0541. The summed E-state index contributed by atoms with van der Waals surface area (Å²) in [6, 6.07) is 0. The maximum atomic E-state index is 10.9. The summed E-state index contributed by atoms with van der Waals surface area (Å²) in [7, 11) is 0. The molecule has 0 aromatic heterocycles. The highest BCUT2D eigenvalue weighted by molar-refractivity contribution is 5.75. The van der Waals surface area contributed by atoms with Crippen molar-refractivity contribution in [2.75, 3.05) is 19.7 Å². The van der Waals surface area contributed by atoms with Crippen molar-refractivity contribution in [2.45, 2.75) is 25.7 Å². The predicted molar refractivity (Wildman–Crippen MR) is 47.6 cm³/mol. The van der Waals surface area contributed by atoms with Gasteiger partial charge in [0.25, 0.3) is 0 Å². The Morgan fingerprint density at radius 2 is 2.08 bits per heavy atom. The molecule has 0 aromatic rings. The number of aliphatic hydroxyl groups excluding tert-OH is 1. The van der Waals surface area contributed by atoms with Crippen LogP contribution in [0.1, 0.15) is 25.7 Å². The number of carbonyl (C=O) groups is 1. The normalized spacial score (nSPS) is 9.83. The summed E-state index contributed by atoms with van der Waals surface area (Å²) >= 11 is 0. The smallest absolute Gasteiger partial charge is 0.220 e. The third kappa shape index (κ3) is 7.50. The third-order valence-corrected chi connectivity index (χ3v) is 1.52. The van der Waals surface area contributed by atoms with E-state index in [0.29, 0.717) is 19.5 Å². The zero-order valence-electron chi connectivity index (χ0n) is 7.38. The van der Waals surface area contributed by atoms with Crippen LogP contribution in [0.3, 0.4) is 0 Å². The summed E-state index contributed by atoms with van der Waals surface area (Å²) in [6.45, 7) is 1.41. The summed E-state index contributed by atoms with van der Waals surface area (Å²) in [4.78, 5) is 10.9. The fourth-order valence-electron chi connectivity index (χ4n) is 0.816. The molecule has 0 aliphatic carbocycles. The molecule has 0 atom stereocenters. The molecule has 0 unspecified atom stereocenters. The van der Waals surface area contributed by atoms with E-state index in [4.69, 9.17) is 10.8 Å². The summed E-state index contributed by atoms with van der Waals surface area (Å²) < 4.78 is 0. The molecule has 12 heavy (non-hydrogen) atoms. The minimum Gasteiger partial charge on any atom is -0.396 e. The molecule has 4 nitrogen and oxygen atoms in total. The van der Waals surface area contributed by atoms with Crippen LogP contribution in [0.15, 0.2) is 0 Å². The van der Waals surface area contributed by atoms with Crippen molar-refractivity contribution in [3.05, 3.63) is 0 Å². The van der Waals surface area contributed by atoms with E-state index in [1.165, 1.54) is 0 Å². The highest BCUT2D eigenvalue weighted by Gasteiger charge is 1.97. The van der Waals surface area contributed by atoms with E-state index in [9.17, 15) is 4.79 Å². The van der Waals surface area contributed by atoms with Gasteiger partial charge in [-0.15, -0.1) is 0 Å². The lowest BCUT2D eigenvalue weighted by atomic mass is 10.3. The van der Waals surface area contributed by atoms with Crippen LogP contribution in [-0.4, -0.2) is 30.7 Å². The van der Waals surface area contributed by atoms with Crippen LogP contribution >= 0.6 is 0 Å². The Bertz CT molecular complexity index is 118. The first-order valence-electron chi connectivity index (χ1n) is 4.39. The third-order valence-electron chi connectivity index (χ3n) is 1.52. The minimum atomic E-state index is 0.0541. The number of unbranched alkanes of at least 4 members (excludes halogenated alkanes) is 1. The van der Waals surface area contributed by atoms with Crippen molar-refractivity contribution in [3.8, 4) is 0 Å². The van der Waals surface area contributed by atoms with Gasteiger partial charge in [0, 0.05) is 19.6 Å². The molecule has 4 heteroatoms. The van der Waals surface area contributed by atoms with E-state index in [2.05, 4.69) is 5.32 Å². The van der Waals surface area contributed by atoms with Gasteiger partial charge >= 0.3 is 0 Å². The van der Waals surface area contributed by atoms with E-state index >= 15 is 0 Å². The first-order valence-corrected chi connectivity index (χ1v) is 4.39. The lowest BCUT2D eigenvalue weighted by molar-refractivity contribution is -0.121. The second-order valence-electron chi connectivity index (χ2n) is 2.67. The first kappa shape index (κ1) is 11.4. The molecule has 0 bridgehead atoms. The predicted octanol–water partition coefficient (Wildman–Crippen LogP) is -0.386. The van der Waals surface area contributed by atoms with Gasteiger partial charge in [0.2, 0.25) is 5.91 Å². The van der Waals surface area contributed by atoms with Crippen LogP contribution in [0.4, 0.5) is 0 Å². The molecule has 0 saturated carbocycles. The molecule has 0 aliphatic rings. The zero-order valence-corrected chi connectivity index (χ0v) is 7.38. The summed E-state index contributed by atoms with van der Waals surface area (Å²) in [5.74, 6) is 0.0541. The molecular weight excluding hydrogens is 156 g/mol. The Morgan fingerprint density at radius 3 is 2.67 bits per heavy atom. The Morgan fingerprint density at radius 1 is 1.33 bits per heavy atom. The van der Waals surface area contributed by atoms with Crippen molar-refractivity contribution < 1.29 is 9.90 Å². The van der Waals surface area contributed by atoms with Crippen LogP contribution in [0.2, 0.25) is 0 Å². The van der Waals surface area contributed by atoms with Crippen LogP contribution in [0.5, 0.6) is 0 Å². The number of nitrogens with two attached hydrogens (primary N) is 1. The van der Waals surface area contributed by atoms with Gasteiger partial charge in [-0.05, 0) is 25.8 Å². The van der Waals surface area contributed by atoms with Gasteiger partial charge < -0.3 is 16.2 Å². The monoisotopic (exact) mass is 174 g/mol. The largest absolute Gasteiger partial charge is 0.396 e. The van der Waals surface area contributed by atoms with Gasteiger partial charge in [-0.25, -0.2) is 0 Å².